The Kier molecular flexibility index (Phi) is 5.49. The molecule has 132 valence electrons. The van der Waals surface area contributed by atoms with Crippen molar-refractivity contribution in [1.29, 1.82) is 0 Å². The van der Waals surface area contributed by atoms with Crippen LogP contribution in [0.4, 0.5) is 11.6 Å². The molecule has 0 amide bonds. The second kappa shape index (κ2) is 7.97. The summed E-state index contributed by atoms with van der Waals surface area (Å²) in [6.45, 7) is 3.83. The third-order valence-corrected chi connectivity index (χ3v) is 3.97. The normalized spacial score (nSPS) is 10.4. The first-order chi connectivity index (χ1) is 12.6. The van der Waals surface area contributed by atoms with E-state index in [9.17, 15) is 4.79 Å². The van der Waals surface area contributed by atoms with Gasteiger partial charge in [-0.2, -0.15) is 0 Å². The number of nitrogens with one attached hydrogen (secondary N) is 1. The van der Waals surface area contributed by atoms with Gasteiger partial charge in [0.2, 0.25) is 5.95 Å². The summed E-state index contributed by atoms with van der Waals surface area (Å²) in [7, 11) is 0. The molecule has 0 bridgehead atoms. The highest BCUT2D eigenvalue weighted by molar-refractivity contribution is 6.30. The summed E-state index contributed by atoms with van der Waals surface area (Å²) in [4.78, 5) is 21.4. The summed E-state index contributed by atoms with van der Waals surface area (Å²) >= 11 is 5.92. The van der Waals surface area contributed by atoms with Crippen LogP contribution in [0.3, 0.4) is 0 Å². The number of hydrogen-bond acceptors (Lipinski definition) is 5. The van der Waals surface area contributed by atoms with Crippen molar-refractivity contribution in [3.63, 3.8) is 0 Å². The zero-order chi connectivity index (χ0) is 18.5. The van der Waals surface area contributed by atoms with Crippen LogP contribution in [-0.4, -0.2) is 22.5 Å². The third-order valence-electron chi connectivity index (χ3n) is 3.72. The Balaban J connectivity index is 2.07. The van der Waals surface area contributed by atoms with Gasteiger partial charge in [-0.3, -0.25) is 0 Å². The van der Waals surface area contributed by atoms with Crippen LogP contribution in [0.15, 0.2) is 54.6 Å². The largest absolute Gasteiger partial charge is 0.462 e. The Morgan fingerprint density at radius 1 is 1.08 bits per heavy atom. The summed E-state index contributed by atoms with van der Waals surface area (Å²) in [6, 6.07) is 16.7. The van der Waals surface area contributed by atoms with Crippen LogP contribution in [0.1, 0.15) is 23.0 Å². The van der Waals surface area contributed by atoms with Crippen LogP contribution in [0.25, 0.3) is 11.3 Å². The molecule has 1 aromatic heterocycles. The zero-order valence-electron chi connectivity index (χ0n) is 14.5. The van der Waals surface area contributed by atoms with Crippen molar-refractivity contribution in [2.45, 2.75) is 13.8 Å². The van der Waals surface area contributed by atoms with Gasteiger partial charge in [0.05, 0.1) is 18.0 Å². The van der Waals surface area contributed by atoms with E-state index in [0.29, 0.717) is 27.9 Å². The number of aryl methyl sites for hydroxylation is 1. The summed E-state index contributed by atoms with van der Waals surface area (Å²) in [5.41, 5.74) is 3.08. The minimum atomic E-state index is -0.429. The van der Waals surface area contributed by atoms with E-state index >= 15 is 0 Å². The lowest BCUT2D eigenvalue weighted by Crippen LogP contribution is -2.13. The monoisotopic (exact) mass is 367 g/mol. The van der Waals surface area contributed by atoms with E-state index in [4.69, 9.17) is 16.3 Å². The average molecular weight is 368 g/mol. The molecule has 0 aliphatic rings. The average Bonchev–Trinajstić information content (AvgIpc) is 2.64. The first kappa shape index (κ1) is 17.9. The molecule has 0 saturated heterocycles. The number of ether oxygens (including phenoxy) is 1. The molecule has 1 N–H and O–H groups in total. The standard InChI is InChI=1S/C20H18ClN3O2/c1-3-26-19(25)17-13(2)22-20(23-16-11-9-15(21)10-12-16)24-18(17)14-7-5-4-6-8-14/h4-12H,3H2,1-2H3,(H,22,23,24). The molecule has 6 heteroatoms. The molecule has 0 radical (unpaired) electrons. The molecule has 0 atom stereocenters. The highest BCUT2D eigenvalue weighted by atomic mass is 35.5. The van der Waals surface area contributed by atoms with Crippen LogP contribution in [0, 0.1) is 6.92 Å². The molecule has 0 fully saturated rings. The van der Waals surface area contributed by atoms with E-state index in [1.54, 1.807) is 26.0 Å². The quantitative estimate of drug-likeness (QED) is 0.641. The smallest absolute Gasteiger partial charge is 0.342 e. The molecule has 0 saturated carbocycles. The van der Waals surface area contributed by atoms with Crippen molar-refractivity contribution in [1.82, 2.24) is 9.97 Å². The van der Waals surface area contributed by atoms with Crippen LogP contribution in [0.2, 0.25) is 5.02 Å². The number of carbonyl (C=O) groups excluding carboxylic acids is 1. The number of benzene rings is 2. The summed E-state index contributed by atoms with van der Waals surface area (Å²) in [6.07, 6.45) is 0. The summed E-state index contributed by atoms with van der Waals surface area (Å²) in [5, 5.41) is 3.80. The van der Waals surface area contributed by atoms with Gasteiger partial charge >= 0.3 is 5.97 Å². The Hall–Kier alpha value is -2.92. The number of nitrogens with zero attached hydrogens (tertiary/aromatic N) is 2. The highest BCUT2D eigenvalue weighted by Crippen LogP contribution is 2.27. The number of rotatable bonds is 5. The summed E-state index contributed by atoms with van der Waals surface area (Å²) < 4.78 is 5.19. The van der Waals surface area contributed by atoms with Gasteiger partial charge in [-0.25, -0.2) is 14.8 Å². The SMILES string of the molecule is CCOC(=O)c1c(C)nc(Nc2ccc(Cl)cc2)nc1-c1ccccc1. The number of halogens is 1. The number of anilines is 2. The van der Waals surface area contributed by atoms with Gasteiger partial charge in [-0.1, -0.05) is 41.9 Å². The van der Waals surface area contributed by atoms with Crippen LogP contribution < -0.4 is 5.32 Å². The predicted octanol–water partition coefficient (Wildman–Crippen LogP) is 5.03. The molecule has 1 heterocycles. The Morgan fingerprint density at radius 3 is 2.42 bits per heavy atom. The van der Waals surface area contributed by atoms with Gasteiger partial charge < -0.3 is 10.1 Å². The Labute approximate surface area is 157 Å². The van der Waals surface area contributed by atoms with Crippen molar-refractivity contribution >= 4 is 29.2 Å². The first-order valence-corrected chi connectivity index (χ1v) is 8.60. The lowest BCUT2D eigenvalue weighted by Gasteiger charge is -2.13. The van der Waals surface area contributed by atoms with Crippen molar-refractivity contribution in [2.75, 3.05) is 11.9 Å². The van der Waals surface area contributed by atoms with E-state index in [1.165, 1.54) is 0 Å². The van der Waals surface area contributed by atoms with Gasteiger partial charge in [0.25, 0.3) is 0 Å². The van der Waals surface area contributed by atoms with Gasteiger partial charge in [-0.15, -0.1) is 0 Å². The maximum Gasteiger partial charge on any atom is 0.342 e. The maximum atomic E-state index is 12.4. The molecule has 0 unspecified atom stereocenters. The maximum absolute atomic E-state index is 12.4. The number of esters is 1. The second-order valence-corrected chi connectivity index (χ2v) is 6.01. The fraction of sp³-hybridized carbons (Fsp3) is 0.150. The predicted molar refractivity (Wildman–Crippen MR) is 103 cm³/mol. The highest BCUT2D eigenvalue weighted by Gasteiger charge is 2.21. The van der Waals surface area contributed by atoms with Crippen LogP contribution in [-0.2, 0) is 4.74 Å². The number of aromatic nitrogens is 2. The lowest BCUT2D eigenvalue weighted by molar-refractivity contribution is 0.0525. The Morgan fingerprint density at radius 2 is 1.77 bits per heavy atom. The van der Waals surface area contributed by atoms with Gasteiger partial charge in [0.15, 0.2) is 0 Å². The van der Waals surface area contributed by atoms with E-state index in [-0.39, 0.29) is 6.61 Å². The van der Waals surface area contributed by atoms with Crippen LogP contribution >= 0.6 is 11.6 Å². The van der Waals surface area contributed by atoms with Gasteiger partial charge in [0.1, 0.15) is 5.56 Å². The van der Waals surface area contributed by atoms with Crippen molar-refractivity contribution in [3.8, 4) is 11.3 Å². The van der Waals surface area contributed by atoms with Crippen LogP contribution in [0.5, 0.6) is 0 Å². The molecule has 0 spiro atoms. The number of hydrogen-bond donors (Lipinski definition) is 1. The van der Waals surface area contributed by atoms with E-state index in [1.807, 2.05) is 42.5 Å². The minimum Gasteiger partial charge on any atom is -0.462 e. The lowest BCUT2D eigenvalue weighted by atomic mass is 10.0. The summed E-state index contributed by atoms with van der Waals surface area (Å²) in [5.74, 6) is -0.0291. The molecule has 3 rings (SSSR count). The van der Waals surface area contributed by atoms with Crippen molar-refractivity contribution in [2.24, 2.45) is 0 Å². The molecule has 3 aromatic rings. The van der Waals surface area contributed by atoms with E-state index in [0.717, 1.165) is 11.3 Å². The zero-order valence-corrected chi connectivity index (χ0v) is 15.2. The van der Waals surface area contributed by atoms with E-state index in [2.05, 4.69) is 15.3 Å². The first-order valence-electron chi connectivity index (χ1n) is 8.22. The molecular weight excluding hydrogens is 350 g/mol. The second-order valence-electron chi connectivity index (χ2n) is 5.57. The van der Waals surface area contributed by atoms with Gasteiger partial charge in [-0.05, 0) is 38.1 Å². The Bertz CT molecular complexity index is 912. The molecule has 0 aliphatic heterocycles. The molecule has 2 aromatic carbocycles. The number of carbonyl (C=O) groups is 1. The van der Waals surface area contributed by atoms with Crippen molar-refractivity contribution in [3.05, 3.63) is 70.9 Å². The fourth-order valence-corrected chi connectivity index (χ4v) is 2.67. The molecule has 26 heavy (non-hydrogen) atoms. The minimum absolute atomic E-state index is 0.289. The van der Waals surface area contributed by atoms with E-state index < -0.39 is 5.97 Å². The molecular formula is C20H18ClN3O2. The molecule has 0 aliphatic carbocycles. The molecule has 5 nitrogen and oxygen atoms in total. The fourth-order valence-electron chi connectivity index (χ4n) is 2.54. The third kappa shape index (κ3) is 4.00. The topological polar surface area (TPSA) is 64.1 Å². The van der Waals surface area contributed by atoms with Gasteiger partial charge in [0, 0.05) is 16.3 Å². The van der Waals surface area contributed by atoms with Crippen molar-refractivity contribution < 1.29 is 9.53 Å².